The summed E-state index contributed by atoms with van der Waals surface area (Å²) in [5.74, 6) is 0.876. The van der Waals surface area contributed by atoms with E-state index >= 15 is 0 Å². The third-order valence-electron chi connectivity index (χ3n) is 4.39. The Kier molecular flexibility index (Phi) is 4.90. The minimum atomic E-state index is 0.0732. The number of para-hydroxylation sites is 1. The smallest absolute Gasteiger partial charge is 0.246 e. The molecule has 1 aromatic carbocycles. The van der Waals surface area contributed by atoms with Crippen LogP contribution < -0.4 is 9.64 Å². The molecule has 0 aliphatic carbocycles. The molecule has 2 aromatic heterocycles. The summed E-state index contributed by atoms with van der Waals surface area (Å²) in [5, 5.41) is 3.00. The van der Waals surface area contributed by atoms with Gasteiger partial charge in [-0.3, -0.25) is 4.79 Å². The van der Waals surface area contributed by atoms with Crippen molar-refractivity contribution in [2.45, 2.75) is 0 Å². The van der Waals surface area contributed by atoms with Gasteiger partial charge in [-0.1, -0.05) is 23.5 Å². The van der Waals surface area contributed by atoms with Crippen molar-refractivity contribution in [3.8, 4) is 5.75 Å². The highest BCUT2D eigenvalue weighted by atomic mass is 32.1. The van der Waals surface area contributed by atoms with Crippen LogP contribution >= 0.6 is 22.7 Å². The Bertz CT molecular complexity index is 926. The number of hydrogen-bond donors (Lipinski definition) is 0. The van der Waals surface area contributed by atoms with Crippen molar-refractivity contribution in [3.63, 3.8) is 0 Å². The van der Waals surface area contributed by atoms with E-state index in [0.29, 0.717) is 13.1 Å². The number of benzene rings is 1. The van der Waals surface area contributed by atoms with Crippen molar-refractivity contribution < 1.29 is 9.53 Å². The highest BCUT2D eigenvalue weighted by molar-refractivity contribution is 7.22. The van der Waals surface area contributed by atoms with Crippen molar-refractivity contribution >= 4 is 50.0 Å². The Morgan fingerprint density at radius 1 is 1.19 bits per heavy atom. The van der Waals surface area contributed by atoms with Gasteiger partial charge in [0.05, 0.1) is 11.8 Å². The van der Waals surface area contributed by atoms with Crippen LogP contribution in [0.15, 0.2) is 41.8 Å². The number of hydrogen-bond acceptors (Lipinski definition) is 6. The second kappa shape index (κ2) is 7.47. The van der Waals surface area contributed by atoms with Crippen LogP contribution in [0.2, 0.25) is 0 Å². The van der Waals surface area contributed by atoms with Gasteiger partial charge in [-0.25, -0.2) is 4.98 Å². The zero-order valence-corrected chi connectivity index (χ0v) is 16.1. The first-order valence-corrected chi connectivity index (χ1v) is 10.1. The van der Waals surface area contributed by atoms with Gasteiger partial charge in [-0.2, -0.15) is 0 Å². The largest absolute Gasteiger partial charge is 0.494 e. The van der Waals surface area contributed by atoms with E-state index in [1.54, 1.807) is 35.9 Å². The molecule has 1 saturated heterocycles. The summed E-state index contributed by atoms with van der Waals surface area (Å²) in [6.45, 7) is 3.00. The molecule has 1 amide bonds. The molecule has 4 rings (SSSR count). The lowest BCUT2D eigenvalue weighted by Crippen LogP contribution is -2.48. The van der Waals surface area contributed by atoms with Crippen LogP contribution in [0.1, 0.15) is 4.88 Å². The number of anilines is 1. The number of thiophene rings is 1. The van der Waals surface area contributed by atoms with Crippen molar-refractivity contribution in [2.75, 3.05) is 38.2 Å². The van der Waals surface area contributed by atoms with Gasteiger partial charge in [0.15, 0.2) is 5.13 Å². The zero-order valence-electron chi connectivity index (χ0n) is 14.4. The molecule has 26 heavy (non-hydrogen) atoms. The predicted octanol–water partition coefficient (Wildman–Crippen LogP) is 3.73. The Morgan fingerprint density at radius 3 is 2.77 bits per heavy atom. The number of aromatic nitrogens is 1. The van der Waals surface area contributed by atoms with Gasteiger partial charge in [0.1, 0.15) is 11.3 Å². The highest BCUT2D eigenvalue weighted by Gasteiger charge is 2.22. The Labute approximate surface area is 160 Å². The lowest BCUT2D eigenvalue weighted by atomic mass is 10.3. The molecular weight excluding hydrogens is 366 g/mol. The number of ether oxygens (including phenoxy) is 1. The molecule has 0 bridgehead atoms. The van der Waals surface area contributed by atoms with E-state index in [4.69, 9.17) is 9.72 Å². The van der Waals surface area contributed by atoms with Gasteiger partial charge in [-0.05, 0) is 29.7 Å². The minimum Gasteiger partial charge on any atom is -0.494 e. The summed E-state index contributed by atoms with van der Waals surface area (Å²) >= 11 is 3.30. The van der Waals surface area contributed by atoms with E-state index < -0.39 is 0 Å². The number of amides is 1. The van der Waals surface area contributed by atoms with E-state index in [1.165, 1.54) is 0 Å². The Morgan fingerprint density at radius 2 is 2.04 bits per heavy atom. The number of methoxy groups -OCH3 is 1. The normalized spacial score (nSPS) is 15.1. The van der Waals surface area contributed by atoms with Gasteiger partial charge in [0.25, 0.3) is 0 Å². The summed E-state index contributed by atoms with van der Waals surface area (Å²) in [5.41, 5.74) is 0.910. The molecule has 0 saturated carbocycles. The molecule has 5 nitrogen and oxygen atoms in total. The van der Waals surface area contributed by atoms with Gasteiger partial charge >= 0.3 is 0 Å². The van der Waals surface area contributed by atoms with Gasteiger partial charge < -0.3 is 14.5 Å². The first kappa shape index (κ1) is 17.1. The number of nitrogens with zero attached hydrogens (tertiary/aromatic N) is 3. The average Bonchev–Trinajstić information content (AvgIpc) is 3.35. The molecule has 1 fully saturated rings. The first-order chi connectivity index (χ1) is 12.7. The van der Waals surface area contributed by atoms with E-state index in [9.17, 15) is 4.79 Å². The van der Waals surface area contributed by atoms with E-state index in [1.807, 2.05) is 40.6 Å². The maximum Gasteiger partial charge on any atom is 0.246 e. The monoisotopic (exact) mass is 385 g/mol. The molecule has 0 N–H and O–H groups in total. The first-order valence-electron chi connectivity index (χ1n) is 8.43. The van der Waals surface area contributed by atoms with Gasteiger partial charge in [-0.15, -0.1) is 11.3 Å². The van der Waals surface area contributed by atoms with Crippen molar-refractivity contribution in [1.82, 2.24) is 9.88 Å². The molecule has 1 aliphatic heterocycles. The summed E-state index contributed by atoms with van der Waals surface area (Å²) in [7, 11) is 1.67. The van der Waals surface area contributed by atoms with Crippen LogP contribution in [0, 0.1) is 0 Å². The molecule has 134 valence electrons. The van der Waals surface area contributed by atoms with Crippen molar-refractivity contribution in [2.24, 2.45) is 0 Å². The highest BCUT2D eigenvalue weighted by Crippen LogP contribution is 2.34. The molecule has 3 aromatic rings. The summed E-state index contributed by atoms with van der Waals surface area (Å²) in [4.78, 5) is 22.3. The summed E-state index contributed by atoms with van der Waals surface area (Å²) < 4.78 is 6.52. The SMILES string of the molecule is COc1cccc2sc(N3CCN(C(=O)C=Cc4cccs4)CC3)nc12. The maximum atomic E-state index is 12.4. The molecule has 0 atom stereocenters. The summed E-state index contributed by atoms with van der Waals surface area (Å²) in [6, 6.07) is 9.98. The number of carbonyl (C=O) groups excluding carboxylic acids is 1. The number of piperazine rings is 1. The number of carbonyl (C=O) groups is 1. The fraction of sp³-hybridized carbons (Fsp3) is 0.263. The molecule has 0 radical (unpaired) electrons. The fourth-order valence-corrected chi connectivity index (χ4v) is 4.63. The minimum absolute atomic E-state index is 0.0732. The van der Waals surface area contributed by atoms with Crippen LogP contribution in [-0.4, -0.2) is 49.1 Å². The molecule has 0 unspecified atom stereocenters. The summed E-state index contributed by atoms with van der Waals surface area (Å²) in [6.07, 6.45) is 3.56. The lowest BCUT2D eigenvalue weighted by molar-refractivity contribution is -0.126. The van der Waals surface area contributed by atoms with Crippen LogP contribution in [0.3, 0.4) is 0 Å². The van der Waals surface area contributed by atoms with Gasteiger partial charge in [0, 0.05) is 37.1 Å². The Hall–Kier alpha value is -2.38. The van der Waals surface area contributed by atoms with Crippen molar-refractivity contribution in [1.29, 1.82) is 0 Å². The molecule has 1 aliphatic rings. The van der Waals surface area contributed by atoms with Crippen LogP contribution in [0.25, 0.3) is 16.3 Å². The molecular formula is C19H19N3O2S2. The topological polar surface area (TPSA) is 45.7 Å². The predicted molar refractivity (Wildman–Crippen MR) is 108 cm³/mol. The average molecular weight is 386 g/mol. The molecule has 3 heterocycles. The standard InChI is InChI=1S/C19H19N3O2S2/c1-24-15-5-2-6-16-18(15)20-19(26-16)22-11-9-21(10-12-22)17(23)8-7-14-4-3-13-25-14/h2-8,13H,9-12H2,1H3. The number of fused-ring (bicyclic) bond motifs is 1. The number of rotatable bonds is 4. The second-order valence-electron chi connectivity index (χ2n) is 5.96. The maximum absolute atomic E-state index is 12.4. The van der Waals surface area contributed by atoms with E-state index in [-0.39, 0.29) is 5.91 Å². The third kappa shape index (κ3) is 3.45. The Balaban J connectivity index is 1.41. The van der Waals surface area contributed by atoms with Crippen LogP contribution in [0.4, 0.5) is 5.13 Å². The molecule has 7 heteroatoms. The third-order valence-corrected chi connectivity index (χ3v) is 6.30. The zero-order chi connectivity index (χ0) is 17.9. The molecule has 0 spiro atoms. The van der Waals surface area contributed by atoms with E-state index in [0.717, 1.165) is 39.1 Å². The lowest BCUT2D eigenvalue weighted by Gasteiger charge is -2.34. The van der Waals surface area contributed by atoms with Crippen molar-refractivity contribution in [3.05, 3.63) is 46.7 Å². The number of thiazole rings is 1. The van der Waals surface area contributed by atoms with Crippen LogP contribution in [-0.2, 0) is 4.79 Å². The van der Waals surface area contributed by atoms with Gasteiger partial charge in [0.2, 0.25) is 5.91 Å². The van der Waals surface area contributed by atoms with Crippen LogP contribution in [0.5, 0.6) is 5.75 Å². The quantitative estimate of drug-likeness (QED) is 0.642. The fourth-order valence-electron chi connectivity index (χ4n) is 2.97. The second-order valence-corrected chi connectivity index (χ2v) is 7.95. The van der Waals surface area contributed by atoms with E-state index in [2.05, 4.69) is 11.0 Å².